The summed E-state index contributed by atoms with van der Waals surface area (Å²) >= 11 is 1.07. The molecule has 9 nitrogen and oxygen atoms in total. The largest absolute Gasteiger partial charge is 0.281 e. The Balaban J connectivity index is 1.71. The van der Waals surface area contributed by atoms with Crippen LogP contribution in [0, 0.1) is 10.1 Å². The monoisotopic (exact) mass is 468 g/mol. The highest BCUT2D eigenvalue weighted by Crippen LogP contribution is 2.32. The lowest BCUT2D eigenvalue weighted by molar-refractivity contribution is -0.384. The highest BCUT2D eigenvalue weighted by atomic mass is 32.2. The van der Waals surface area contributed by atoms with Gasteiger partial charge in [0.25, 0.3) is 5.69 Å². The van der Waals surface area contributed by atoms with Gasteiger partial charge in [-0.1, -0.05) is 35.6 Å². The predicted molar refractivity (Wildman–Crippen MR) is 120 cm³/mol. The molecule has 0 N–H and O–H groups in total. The van der Waals surface area contributed by atoms with Crippen LogP contribution in [-0.2, 0) is 21.2 Å². The number of nitro benzene ring substituents is 1. The zero-order chi connectivity index (χ0) is 22.7. The standard InChI is InChI=1S/C21H16N4O5S2/c26-20(14-32(29,30)17-7-2-1-3-8-17)24(13-15-6-4-5-11-22-15)21-23-18-10-9-16(25(27)28)12-19(18)31-21/h1-12H,13-14H2. The minimum Gasteiger partial charge on any atom is -0.281 e. The van der Waals surface area contributed by atoms with Gasteiger partial charge in [-0.2, -0.15) is 0 Å². The SMILES string of the molecule is O=C(CS(=O)(=O)c1ccccc1)N(Cc1ccccn1)c1nc2ccc([N+](=O)[O-])cc2s1. The van der Waals surface area contributed by atoms with Gasteiger partial charge in [-0.25, -0.2) is 13.4 Å². The number of non-ortho nitro benzene ring substituents is 1. The van der Waals surface area contributed by atoms with E-state index >= 15 is 0 Å². The number of aromatic nitrogens is 2. The molecule has 0 spiro atoms. The summed E-state index contributed by atoms with van der Waals surface area (Å²) in [5.41, 5.74) is 0.922. The second kappa shape index (κ2) is 8.81. The van der Waals surface area contributed by atoms with E-state index in [0.29, 0.717) is 15.9 Å². The molecule has 32 heavy (non-hydrogen) atoms. The number of nitrogens with zero attached hydrogens (tertiary/aromatic N) is 4. The van der Waals surface area contributed by atoms with Gasteiger partial charge in [0.2, 0.25) is 5.91 Å². The molecule has 0 aliphatic heterocycles. The Labute approximate surface area is 187 Å². The Hall–Kier alpha value is -3.70. The fourth-order valence-corrected chi connectivity index (χ4v) is 5.23. The van der Waals surface area contributed by atoms with E-state index in [2.05, 4.69) is 9.97 Å². The van der Waals surface area contributed by atoms with Gasteiger partial charge in [-0.3, -0.25) is 24.8 Å². The molecule has 2 aromatic carbocycles. The zero-order valence-electron chi connectivity index (χ0n) is 16.5. The molecule has 0 radical (unpaired) electrons. The molecule has 2 aromatic heterocycles. The van der Waals surface area contributed by atoms with Crippen LogP contribution in [0.25, 0.3) is 10.2 Å². The summed E-state index contributed by atoms with van der Waals surface area (Å²) in [6, 6.07) is 17.1. The van der Waals surface area contributed by atoms with Crippen molar-refractivity contribution in [3.05, 3.63) is 88.7 Å². The number of carbonyl (C=O) groups excluding carboxylic acids is 1. The third kappa shape index (κ3) is 4.63. The van der Waals surface area contributed by atoms with E-state index in [-0.39, 0.29) is 22.3 Å². The average Bonchev–Trinajstić information content (AvgIpc) is 3.21. The molecule has 0 bridgehead atoms. The lowest BCUT2D eigenvalue weighted by atomic mass is 10.3. The number of benzene rings is 2. The molecule has 4 rings (SSSR count). The summed E-state index contributed by atoms with van der Waals surface area (Å²) in [4.78, 5) is 33.7. The van der Waals surface area contributed by atoms with Crippen LogP contribution in [0.5, 0.6) is 0 Å². The summed E-state index contributed by atoms with van der Waals surface area (Å²) in [6.45, 7) is 0.00585. The van der Waals surface area contributed by atoms with Crippen molar-refractivity contribution in [3.63, 3.8) is 0 Å². The van der Waals surface area contributed by atoms with Gasteiger partial charge in [0.1, 0.15) is 5.75 Å². The number of pyridine rings is 1. The second-order valence-electron chi connectivity index (χ2n) is 6.78. The van der Waals surface area contributed by atoms with E-state index < -0.39 is 26.4 Å². The van der Waals surface area contributed by atoms with Crippen molar-refractivity contribution < 1.29 is 18.1 Å². The molecular formula is C21H16N4O5S2. The van der Waals surface area contributed by atoms with Gasteiger partial charge < -0.3 is 0 Å². The Kier molecular flexibility index (Phi) is 5.93. The predicted octanol–water partition coefficient (Wildman–Crippen LogP) is 3.61. The van der Waals surface area contributed by atoms with Crippen LogP contribution in [-0.4, -0.2) is 35.0 Å². The molecule has 0 fully saturated rings. The van der Waals surface area contributed by atoms with Crippen LogP contribution < -0.4 is 4.90 Å². The van der Waals surface area contributed by atoms with E-state index in [9.17, 15) is 23.3 Å². The molecule has 1 amide bonds. The quantitative estimate of drug-likeness (QED) is 0.300. The molecule has 0 atom stereocenters. The van der Waals surface area contributed by atoms with E-state index in [1.54, 1.807) is 42.6 Å². The van der Waals surface area contributed by atoms with Gasteiger partial charge in [-0.05, 0) is 30.3 Å². The lowest BCUT2D eigenvalue weighted by Gasteiger charge is -2.19. The third-order valence-corrected chi connectivity index (χ3v) is 7.22. The number of hydrogen-bond acceptors (Lipinski definition) is 8. The smallest absolute Gasteiger partial charge is 0.270 e. The Bertz CT molecular complexity index is 1390. The first-order valence-electron chi connectivity index (χ1n) is 9.36. The number of anilines is 1. The van der Waals surface area contributed by atoms with E-state index in [1.165, 1.54) is 35.2 Å². The van der Waals surface area contributed by atoms with Crippen LogP contribution in [0.4, 0.5) is 10.8 Å². The van der Waals surface area contributed by atoms with Crippen molar-refractivity contribution in [1.82, 2.24) is 9.97 Å². The Morgan fingerprint density at radius 3 is 2.50 bits per heavy atom. The van der Waals surface area contributed by atoms with Crippen LogP contribution in [0.3, 0.4) is 0 Å². The highest BCUT2D eigenvalue weighted by Gasteiger charge is 2.27. The average molecular weight is 469 g/mol. The minimum absolute atomic E-state index is 0.00585. The van der Waals surface area contributed by atoms with E-state index in [0.717, 1.165) is 11.3 Å². The normalized spacial score (nSPS) is 11.4. The number of nitro groups is 1. The van der Waals surface area contributed by atoms with Crippen molar-refractivity contribution >= 4 is 48.1 Å². The Morgan fingerprint density at radius 2 is 1.81 bits per heavy atom. The molecule has 162 valence electrons. The summed E-state index contributed by atoms with van der Waals surface area (Å²) in [5, 5.41) is 11.3. The summed E-state index contributed by atoms with van der Waals surface area (Å²) in [7, 11) is -3.88. The molecule has 0 aliphatic rings. The van der Waals surface area contributed by atoms with Crippen molar-refractivity contribution in [2.24, 2.45) is 0 Å². The maximum absolute atomic E-state index is 13.2. The van der Waals surface area contributed by atoms with E-state index in [4.69, 9.17) is 0 Å². The molecule has 4 aromatic rings. The molecule has 2 heterocycles. The highest BCUT2D eigenvalue weighted by molar-refractivity contribution is 7.92. The summed E-state index contributed by atoms with van der Waals surface area (Å²) in [5.74, 6) is -1.42. The number of hydrogen-bond donors (Lipinski definition) is 0. The van der Waals surface area contributed by atoms with Gasteiger partial charge in [0.15, 0.2) is 15.0 Å². The fourth-order valence-electron chi connectivity index (χ4n) is 3.00. The molecule has 0 aliphatic carbocycles. The second-order valence-corrected chi connectivity index (χ2v) is 9.78. The molecule has 0 saturated carbocycles. The third-order valence-electron chi connectivity index (χ3n) is 4.57. The van der Waals surface area contributed by atoms with Crippen LogP contribution in [0.2, 0.25) is 0 Å². The van der Waals surface area contributed by atoms with Crippen LogP contribution in [0.15, 0.2) is 77.8 Å². The number of amides is 1. The summed E-state index contributed by atoms with van der Waals surface area (Å²) in [6.07, 6.45) is 1.57. The molecule has 11 heteroatoms. The number of sulfone groups is 1. The number of rotatable bonds is 7. The van der Waals surface area contributed by atoms with Crippen molar-refractivity contribution in [1.29, 1.82) is 0 Å². The first kappa shape index (κ1) is 21.5. The first-order chi connectivity index (χ1) is 15.3. The van der Waals surface area contributed by atoms with E-state index in [1.807, 2.05) is 0 Å². The minimum atomic E-state index is -3.88. The van der Waals surface area contributed by atoms with Gasteiger partial charge in [0, 0.05) is 18.3 Å². The van der Waals surface area contributed by atoms with Crippen molar-refractivity contribution in [2.45, 2.75) is 11.4 Å². The number of fused-ring (bicyclic) bond motifs is 1. The fraction of sp³-hybridized carbons (Fsp3) is 0.0952. The summed E-state index contributed by atoms with van der Waals surface area (Å²) < 4.78 is 26.0. The topological polar surface area (TPSA) is 123 Å². The maximum Gasteiger partial charge on any atom is 0.270 e. The Morgan fingerprint density at radius 1 is 1.06 bits per heavy atom. The molecule has 0 unspecified atom stereocenters. The van der Waals surface area contributed by atoms with Crippen molar-refractivity contribution in [2.75, 3.05) is 10.7 Å². The van der Waals surface area contributed by atoms with Crippen LogP contribution in [0.1, 0.15) is 5.69 Å². The lowest BCUT2D eigenvalue weighted by Crippen LogP contribution is -2.35. The van der Waals surface area contributed by atoms with Gasteiger partial charge in [0.05, 0.1) is 32.3 Å². The number of thiazole rings is 1. The molecule has 0 saturated heterocycles. The van der Waals surface area contributed by atoms with Crippen LogP contribution >= 0.6 is 11.3 Å². The molecular weight excluding hydrogens is 452 g/mol. The van der Waals surface area contributed by atoms with Gasteiger partial charge >= 0.3 is 0 Å². The zero-order valence-corrected chi connectivity index (χ0v) is 18.1. The van der Waals surface area contributed by atoms with Crippen molar-refractivity contribution in [3.8, 4) is 0 Å². The first-order valence-corrected chi connectivity index (χ1v) is 11.8. The van der Waals surface area contributed by atoms with Gasteiger partial charge in [-0.15, -0.1) is 0 Å². The number of carbonyl (C=O) groups is 1. The maximum atomic E-state index is 13.2.